The molecule has 3 N–H and O–H groups in total. The minimum Gasteiger partial charge on any atom is -0.480 e. The molecular weight excluding hydrogens is 485 g/mol. The second-order valence-electron chi connectivity index (χ2n) is 7.94. The molecule has 0 fully saturated rings. The molecule has 2 rings (SSSR count). The van der Waals surface area contributed by atoms with Crippen molar-refractivity contribution < 1.29 is 23.1 Å². The number of hydrogen-bond acceptors (Lipinski definition) is 7. The maximum absolute atomic E-state index is 12.8. The smallest absolute Gasteiger partial charge is 0.416 e. The molecule has 0 aliphatic carbocycles. The van der Waals surface area contributed by atoms with E-state index in [1.165, 1.54) is 47.6 Å². The van der Waals surface area contributed by atoms with Crippen LogP contribution in [0.25, 0.3) is 5.57 Å². The van der Waals surface area contributed by atoms with Crippen molar-refractivity contribution in [3.63, 3.8) is 0 Å². The Balaban J connectivity index is 1.99. The maximum Gasteiger partial charge on any atom is 0.416 e. The molecule has 0 saturated carbocycles. The lowest BCUT2D eigenvalue weighted by molar-refractivity contribution is -0.139. The van der Waals surface area contributed by atoms with Crippen molar-refractivity contribution in [3.8, 4) is 0 Å². The van der Waals surface area contributed by atoms with E-state index in [2.05, 4.69) is 16.6 Å². The van der Waals surface area contributed by atoms with Gasteiger partial charge in [-0.2, -0.15) is 13.2 Å². The largest absolute Gasteiger partial charge is 0.480 e. The summed E-state index contributed by atoms with van der Waals surface area (Å²) in [6, 6.07) is 4.67. The van der Waals surface area contributed by atoms with Crippen molar-refractivity contribution in [1.82, 2.24) is 9.88 Å². The Bertz CT molecular complexity index is 1090. The average molecular weight is 513 g/mol. The Morgan fingerprint density at radius 3 is 2.47 bits per heavy atom. The number of nitrogens with two attached hydrogens (primary N) is 1. The number of aliphatic imine (C=N–C) groups is 1. The van der Waals surface area contributed by atoms with E-state index in [0.29, 0.717) is 34.3 Å². The van der Waals surface area contributed by atoms with Crippen LogP contribution in [0.3, 0.4) is 0 Å². The van der Waals surface area contributed by atoms with E-state index in [9.17, 15) is 23.1 Å². The monoisotopic (exact) mass is 512 g/mol. The zero-order valence-corrected chi connectivity index (χ0v) is 20.9. The lowest BCUT2D eigenvalue weighted by atomic mass is 10.1. The first-order chi connectivity index (χ1) is 15.7. The molecule has 0 aliphatic heterocycles. The van der Waals surface area contributed by atoms with E-state index in [-0.39, 0.29) is 0 Å². The van der Waals surface area contributed by atoms with Gasteiger partial charge in [0.05, 0.1) is 11.3 Å². The van der Waals surface area contributed by atoms with Gasteiger partial charge in [0.15, 0.2) is 4.34 Å². The molecule has 2 aromatic rings. The Hall–Kier alpha value is -2.79. The van der Waals surface area contributed by atoms with Gasteiger partial charge in [0.2, 0.25) is 0 Å². The Labute approximate surface area is 205 Å². The summed E-state index contributed by atoms with van der Waals surface area (Å²) in [6.45, 7) is 9.72. The van der Waals surface area contributed by atoms with Gasteiger partial charge in [0.1, 0.15) is 10.6 Å². The van der Waals surface area contributed by atoms with Gasteiger partial charge in [-0.1, -0.05) is 30.5 Å². The molecule has 11 heteroatoms. The zero-order valence-electron chi connectivity index (χ0n) is 19.3. The molecule has 34 heavy (non-hydrogen) atoms. The number of benzene rings is 1. The number of likely N-dealkylation sites (N-methyl/N-ethyl adjacent to an activating group) is 1. The molecule has 1 aromatic heterocycles. The number of thiazole rings is 1. The van der Waals surface area contributed by atoms with Crippen molar-refractivity contribution >= 4 is 40.9 Å². The fourth-order valence-corrected chi connectivity index (χ4v) is 5.18. The Morgan fingerprint density at radius 1 is 1.32 bits per heavy atom. The van der Waals surface area contributed by atoms with E-state index < -0.39 is 22.5 Å². The number of nitrogens with zero attached hydrogens (tertiary/aromatic N) is 3. The summed E-state index contributed by atoms with van der Waals surface area (Å²) < 4.78 is 38.0. The van der Waals surface area contributed by atoms with Crippen LogP contribution in [-0.4, -0.2) is 45.5 Å². The number of carboxylic acids is 1. The summed E-state index contributed by atoms with van der Waals surface area (Å²) in [7, 11) is 1.81. The number of allylic oxidation sites excluding steroid dienone is 1. The van der Waals surface area contributed by atoms with Crippen molar-refractivity contribution in [1.29, 1.82) is 0 Å². The molecule has 0 bridgehead atoms. The highest BCUT2D eigenvalue weighted by Crippen LogP contribution is 2.36. The molecular formula is C23H27F3N4O2S2. The first-order valence-electron chi connectivity index (χ1n) is 10.2. The predicted molar refractivity (Wildman–Crippen MR) is 132 cm³/mol. The van der Waals surface area contributed by atoms with Crippen molar-refractivity contribution in [2.75, 3.05) is 13.6 Å². The topological polar surface area (TPSA) is 91.8 Å². The standard InChI is InChI=1S/C23H27F3N4O2S2/c1-14-19(29-21(33-14)34-22(3,4)20(31)32)10-11-30(5)15(2)28-13-17(12-27)16-6-8-18(9-7-16)23(24,25)26/h6-9,12-13H,2,10-11,27H2,1,3-5H3,(H,31,32)/b17-12+,28-13-. The van der Waals surface area contributed by atoms with E-state index in [4.69, 9.17) is 5.73 Å². The fraction of sp³-hybridized carbons (Fsp3) is 0.348. The highest BCUT2D eigenvalue weighted by Gasteiger charge is 2.31. The molecule has 0 unspecified atom stereocenters. The summed E-state index contributed by atoms with van der Waals surface area (Å²) in [4.78, 5) is 23.1. The zero-order chi connectivity index (χ0) is 25.7. The molecule has 0 saturated heterocycles. The third-order valence-corrected chi connectivity index (χ3v) is 7.19. The Morgan fingerprint density at radius 2 is 1.94 bits per heavy atom. The van der Waals surface area contributed by atoms with Crippen LogP contribution in [0.2, 0.25) is 0 Å². The number of carboxylic acid groups (broad SMARTS) is 1. The van der Waals surface area contributed by atoms with Gasteiger partial charge < -0.3 is 15.7 Å². The lowest BCUT2D eigenvalue weighted by Crippen LogP contribution is -2.26. The van der Waals surface area contributed by atoms with Gasteiger partial charge in [-0.3, -0.25) is 4.79 Å². The normalized spacial score (nSPS) is 12.9. The van der Waals surface area contributed by atoms with Gasteiger partial charge >= 0.3 is 12.1 Å². The molecule has 0 spiro atoms. The predicted octanol–water partition coefficient (Wildman–Crippen LogP) is 5.44. The SMILES string of the molecule is C=C(/N=C\C(=C/N)c1ccc(C(F)(F)F)cc1)N(C)CCc1nc(SC(C)(C)C(=O)O)sc1C. The summed E-state index contributed by atoms with van der Waals surface area (Å²) in [6.07, 6.45) is -1.06. The third kappa shape index (κ3) is 7.36. The van der Waals surface area contributed by atoms with Crippen LogP contribution < -0.4 is 5.73 Å². The summed E-state index contributed by atoms with van der Waals surface area (Å²) in [5, 5.41) is 9.31. The highest BCUT2D eigenvalue weighted by molar-refractivity contribution is 8.03. The molecule has 0 amide bonds. The average Bonchev–Trinajstić information content (AvgIpc) is 3.09. The number of carbonyl (C=O) groups is 1. The minimum atomic E-state index is -4.40. The number of aromatic nitrogens is 1. The minimum absolute atomic E-state index is 0.445. The third-order valence-electron chi connectivity index (χ3n) is 4.93. The summed E-state index contributed by atoms with van der Waals surface area (Å²) in [5.41, 5.74) is 6.75. The van der Waals surface area contributed by atoms with Crippen LogP contribution in [0.5, 0.6) is 0 Å². The number of thioether (sulfide) groups is 1. The molecule has 1 heterocycles. The molecule has 184 valence electrons. The molecule has 6 nitrogen and oxygen atoms in total. The number of hydrogen-bond donors (Lipinski definition) is 2. The molecule has 0 aliphatic rings. The van der Waals surface area contributed by atoms with Crippen LogP contribution in [0.4, 0.5) is 13.2 Å². The maximum atomic E-state index is 12.8. The summed E-state index contributed by atoms with van der Waals surface area (Å²) in [5.74, 6) is -0.455. The van der Waals surface area contributed by atoms with Gasteiger partial charge in [0.25, 0.3) is 0 Å². The Kier molecular flexibility index (Phi) is 8.96. The fourth-order valence-electron chi connectivity index (χ4n) is 2.65. The number of aliphatic carboxylic acids is 1. The first kappa shape index (κ1) is 27.5. The number of rotatable bonds is 10. The van der Waals surface area contributed by atoms with Crippen LogP contribution >= 0.6 is 23.1 Å². The summed E-state index contributed by atoms with van der Waals surface area (Å²) >= 11 is 2.68. The van der Waals surface area contributed by atoms with E-state index in [1.54, 1.807) is 13.8 Å². The number of halogens is 3. The van der Waals surface area contributed by atoms with Crippen LogP contribution in [-0.2, 0) is 17.4 Å². The number of alkyl halides is 3. The van der Waals surface area contributed by atoms with Gasteiger partial charge in [-0.15, -0.1) is 11.3 Å². The van der Waals surface area contributed by atoms with E-state index >= 15 is 0 Å². The van der Waals surface area contributed by atoms with Gasteiger partial charge in [-0.25, -0.2) is 9.98 Å². The molecule has 1 aromatic carbocycles. The second-order valence-corrected chi connectivity index (χ2v) is 11.0. The quantitative estimate of drug-likeness (QED) is 0.325. The van der Waals surface area contributed by atoms with Crippen molar-refractivity contribution in [2.45, 2.75) is 42.5 Å². The van der Waals surface area contributed by atoms with Crippen molar-refractivity contribution in [2.24, 2.45) is 10.7 Å². The van der Waals surface area contributed by atoms with Gasteiger partial charge in [0, 0.05) is 42.9 Å². The van der Waals surface area contributed by atoms with Gasteiger partial charge in [-0.05, 0) is 38.5 Å². The second kappa shape index (κ2) is 11.1. The van der Waals surface area contributed by atoms with Crippen LogP contribution in [0.1, 0.15) is 35.5 Å². The van der Waals surface area contributed by atoms with E-state index in [0.717, 1.165) is 22.7 Å². The highest BCUT2D eigenvalue weighted by atomic mass is 32.2. The van der Waals surface area contributed by atoms with E-state index in [1.807, 2.05) is 18.9 Å². The van der Waals surface area contributed by atoms with Crippen LogP contribution in [0.15, 0.2) is 52.2 Å². The van der Waals surface area contributed by atoms with Crippen molar-refractivity contribution in [3.05, 3.63) is 64.6 Å². The molecule has 0 atom stereocenters. The molecule has 0 radical (unpaired) electrons. The first-order valence-corrected chi connectivity index (χ1v) is 11.8. The van der Waals surface area contributed by atoms with Crippen LogP contribution in [0, 0.1) is 6.92 Å². The lowest BCUT2D eigenvalue weighted by Gasteiger charge is -2.18. The number of aryl methyl sites for hydroxylation is 1.